The van der Waals surface area contributed by atoms with E-state index in [9.17, 15) is 9.18 Å². The summed E-state index contributed by atoms with van der Waals surface area (Å²) in [4.78, 5) is 12.1. The first kappa shape index (κ1) is 20.0. The number of rotatable bonds is 5. The van der Waals surface area contributed by atoms with E-state index in [4.69, 9.17) is 11.6 Å². The highest BCUT2D eigenvalue weighted by Gasteiger charge is 2.17. The lowest BCUT2D eigenvalue weighted by atomic mass is 9.99. The van der Waals surface area contributed by atoms with Crippen molar-refractivity contribution in [2.45, 2.75) is 18.7 Å². The van der Waals surface area contributed by atoms with Crippen LogP contribution in [0.2, 0.25) is 5.02 Å². The number of nitrogens with one attached hydrogen (secondary N) is 2. The maximum absolute atomic E-state index is 14.5. The third kappa shape index (κ3) is 5.35. The SMILES string of the molecule is Cl.O=C(CSCc1cccc(Cl)c1)Nc1ccc2c(c1F)CCNC2. The minimum atomic E-state index is -0.304. The van der Waals surface area contributed by atoms with Crippen LogP contribution < -0.4 is 10.6 Å². The molecule has 2 aromatic rings. The van der Waals surface area contributed by atoms with Gasteiger partial charge in [0.15, 0.2) is 0 Å². The Morgan fingerprint density at radius 1 is 1.32 bits per heavy atom. The second-order valence-electron chi connectivity index (χ2n) is 5.66. The van der Waals surface area contributed by atoms with Crippen molar-refractivity contribution in [1.82, 2.24) is 5.32 Å². The number of halogens is 3. The molecule has 0 aromatic heterocycles. The van der Waals surface area contributed by atoms with Crippen molar-refractivity contribution in [2.75, 3.05) is 17.6 Å². The number of benzene rings is 2. The zero-order valence-electron chi connectivity index (χ0n) is 13.5. The first-order chi connectivity index (χ1) is 11.6. The first-order valence-electron chi connectivity index (χ1n) is 7.76. The molecular formula is C18H19Cl2FN2OS. The Balaban J connectivity index is 0.00000225. The van der Waals surface area contributed by atoms with E-state index < -0.39 is 0 Å². The predicted octanol–water partition coefficient (Wildman–Crippen LogP) is 4.42. The molecule has 1 aliphatic heterocycles. The molecule has 0 spiro atoms. The number of carbonyl (C=O) groups excluding carboxylic acids is 1. The molecule has 0 fully saturated rings. The third-order valence-corrected chi connectivity index (χ3v) is 5.11. The number of amides is 1. The summed E-state index contributed by atoms with van der Waals surface area (Å²) in [6.07, 6.45) is 0.647. The van der Waals surface area contributed by atoms with Crippen LogP contribution in [0.15, 0.2) is 36.4 Å². The van der Waals surface area contributed by atoms with Gasteiger partial charge in [-0.15, -0.1) is 24.2 Å². The number of carbonyl (C=O) groups is 1. The molecule has 134 valence electrons. The lowest BCUT2D eigenvalue weighted by Crippen LogP contribution is -2.25. The first-order valence-corrected chi connectivity index (χ1v) is 9.30. The minimum absolute atomic E-state index is 0. The van der Waals surface area contributed by atoms with Crippen molar-refractivity contribution in [2.24, 2.45) is 0 Å². The Hall–Kier alpha value is -1.27. The molecule has 3 rings (SSSR count). The van der Waals surface area contributed by atoms with Crippen molar-refractivity contribution in [3.8, 4) is 0 Å². The average Bonchev–Trinajstić information content (AvgIpc) is 2.58. The van der Waals surface area contributed by atoms with E-state index in [1.165, 1.54) is 11.8 Å². The van der Waals surface area contributed by atoms with Gasteiger partial charge < -0.3 is 10.6 Å². The molecule has 1 heterocycles. The molecule has 0 atom stereocenters. The van der Waals surface area contributed by atoms with Gasteiger partial charge in [0.25, 0.3) is 0 Å². The van der Waals surface area contributed by atoms with Crippen LogP contribution in [0, 0.1) is 5.82 Å². The fourth-order valence-electron chi connectivity index (χ4n) is 2.70. The van der Waals surface area contributed by atoms with Gasteiger partial charge in [0.1, 0.15) is 5.82 Å². The summed E-state index contributed by atoms with van der Waals surface area (Å²) in [6.45, 7) is 1.44. The second-order valence-corrected chi connectivity index (χ2v) is 7.08. The maximum atomic E-state index is 14.5. The fraction of sp³-hybridized carbons (Fsp3) is 0.278. The second kappa shape index (κ2) is 9.43. The highest BCUT2D eigenvalue weighted by atomic mass is 35.5. The van der Waals surface area contributed by atoms with E-state index in [-0.39, 0.29) is 35.6 Å². The van der Waals surface area contributed by atoms with E-state index >= 15 is 0 Å². The van der Waals surface area contributed by atoms with E-state index in [1.807, 2.05) is 30.3 Å². The van der Waals surface area contributed by atoms with Crippen LogP contribution in [-0.2, 0) is 23.5 Å². The van der Waals surface area contributed by atoms with Crippen LogP contribution in [0.3, 0.4) is 0 Å². The summed E-state index contributed by atoms with van der Waals surface area (Å²) >= 11 is 7.41. The van der Waals surface area contributed by atoms with E-state index in [0.717, 1.165) is 17.7 Å². The van der Waals surface area contributed by atoms with Crippen molar-refractivity contribution < 1.29 is 9.18 Å². The molecule has 0 radical (unpaired) electrons. The van der Waals surface area contributed by atoms with Crippen LogP contribution in [0.25, 0.3) is 0 Å². The Labute approximate surface area is 162 Å². The molecule has 7 heteroatoms. The van der Waals surface area contributed by atoms with Gasteiger partial charge in [-0.3, -0.25) is 4.79 Å². The fourth-order valence-corrected chi connectivity index (χ4v) is 3.69. The molecule has 0 bridgehead atoms. The summed E-state index contributed by atoms with van der Waals surface area (Å²) in [6, 6.07) is 11.1. The van der Waals surface area contributed by atoms with Gasteiger partial charge in [-0.1, -0.05) is 29.8 Å². The number of fused-ring (bicyclic) bond motifs is 1. The average molecular weight is 401 g/mol. The highest BCUT2D eigenvalue weighted by molar-refractivity contribution is 7.99. The van der Waals surface area contributed by atoms with E-state index in [0.29, 0.717) is 29.3 Å². The van der Waals surface area contributed by atoms with Crippen LogP contribution >= 0.6 is 35.8 Å². The summed E-state index contributed by atoms with van der Waals surface area (Å²) < 4.78 is 14.5. The monoisotopic (exact) mass is 400 g/mol. The van der Waals surface area contributed by atoms with Crippen molar-refractivity contribution in [3.63, 3.8) is 0 Å². The molecule has 2 aromatic carbocycles. The lowest BCUT2D eigenvalue weighted by Gasteiger charge is -2.19. The van der Waals surface area contributed by atoms with Crippen LogP contribution in [-0.4, -0.2) is 18.2 Å². The Kier molecular flexibility index (Phi) is 7.56. The molecule has 2 N–H and O–H groups in total. The smallest absolute Gasteiger partial charge is 0.234 e. The Bertz CT molecular complexity index is 758. The predicted molar refractivity (Wildman–Crippen MR) is 105 cm³/mol. The van der Waals surface area contributed by atoms with Gasteiger partial charge >= 0.3 is 0 Å². The van der Waals surface area contributed by atoms with Crippen LogP contribution in [0.4, 0.5) is 10.1 Å². The summed E-state index contributed by atoms with van der Waals surface area (Å²) in [7, 11) is 0. The minimum Gasteiger partial charge on any atom is -0.323 e. The zero-order valence-corrected chi connectivity index (χ0v) is 15.9. The van der Waals surface area contributed by atoms with Gasteiger partial charge in [0.05, 0.1) is 11.4 Å². The van der Waals surface area contributed by atoms with Crippen molar-refractivity contribution in [3.05, 3.63) is 63.9 Å². The molecule has 1 amide bonds. The lowest BCUT2D eigenvalue weighted by molar-refractivity contribution is -0.113. The zero-order chi connectivity index (χ0) is 16.9. The number of hydrogen-bond donors (Lipinski definition) is 2. The summed E-state index contributed by atoms with van der Waals surface area (Å²) in [5.41, 5.74) is 3.00. The van der Waals surface area contributed by atoms with Crippen molar-refractivity contribution >= 4 is 47.4 Å². The topological polar surface area (TPSA) is 41.1 Å². The number of anilines is 1. The summed E-state index contributed by atoms with van der Waals surface area (Å²) in [5, 5.41) is 6.57. The van der Waals surface area contributed by atoms with Gasteiger partial charge in [-0.2, -0.15) is 0 Å². The molecule has 0 saturated heterocycles. The van der Waals surface area contributed by atoms with Crippen molar-refractivity contribution in [1.29, 1.82) is 0 Å². The van der Waals surface area contributed by atoms with Crippen LogP contribution in [0.1, 0.15) is 16.7 Å². The third-order valence-electron chi connectivity index (χ3n) is 3.87. The quantitative estimate of drug-likeness (QED) is 0.780. The molecule has 1 aliphatic rings. The van der Waals surface area contributed by atoms with Gasteiger partial charge in [-0.05, 0) is 47.9 Å². The molecule has 0 saturated carbocycles. The Morgan fingerprint density at radius 2 is 2.16 bits per heavy atom. The highest BCUT2D eigenvalue weighted by Crippen LogP contribution is 2.25. The van der Waals surface area contributed by atoms with E-state index in [1.54, 1.807) is 6.07 Å². The van der Waals surface area contributed by atoms with E-state index in [2.05, 4.69) is 10.6 Å². The van der Waals surface area contributed by atoms with Gasteiger partial charge in [0, 0.05) is 17.3 Å². The Morgan fingerprint density at radius 3 is 2.96 bits per heavy atom. The number of hydrogen-bond acceptors (Lipinski definition) is 3. The summed E-state index contributed by atoms with van der Waals surface area (Å²) in [5.74, 6) is 0.452. The largest absolute Gasteiger partial charge is 0.323 e. The standard InChI is InChI=1S/C18H18ClFN2OS.ClH/c19-14-3-1-2-12(8-14)10-24-11-17(23)22-16-5-4-13-9-21-7-6-15(13)18(16)20;/h1-5,8,21H,6-7,9-11H2,(H,22,23);1H. The molecule has 25 heavy (non-hydrogen) atoms. The number of thioether (sulfide) groups is 1. The molecule has 3 nitrogen and oxygen atoms in total. The maximum Gasteiger partial charge on any atom is 0.234 e. The van der Waals surface area contributed by atoms with Gasteiger partial charge in [-0.25, -0.2) is 4.39 Å². The molecule has 0 unspecified atom stereocenters. The molecular weight excluding hydrogens is 382 g/mol. The van der Waals surface area contributed by atoms with Gasteiger partial charge in [0.2, 0.25) is 5.91 Å². The van der Waals surface area contributed by atoms with Crippen LogP contribution in [0.5, 0.6) is 0 Å². The normalized spacial score (nSPS) is 12.9. The molecule has 0 aliphatic carbocycles.